The fourth-order valence-electron chi connectivity index (χ4n) is 7.55. The molecule has 2 saturated heterocycles. The Hall–Kier alpha value is -3.32. The van der Waals surface area contributed by atoms with Crippen LogP contribution in [-0.2, 0) is 4.74 Å². The maximum absolute atomic E-state index is 16.9. The minimum Gasteiger partial charge on any atom is -0.480 e. The van der Waals surface area contributed by atoms with E-state index < -0.39 is 11.9 Å². The van der Waals surface area contributed by atoms with Gasteiger partial charge in [0.1, 0.15) is 22.4 Å². The molecule has 3 aromatic heterocycles. The third kappa shape index (κ3) is 4.92. The number of nitrogens with zero attached hydrogens (tertiary/aromatic N) is 6. The summed E-state index contributed by atoms with van der Waals surface area (Å²) in [6.45, 7) is 4.57. The van der Waals surface area contributed by atoms with Crippen molar-refractivity contribution in [1.82, 2.24) is 30.0 Å². The van der Waals surface area contributed by atoms with Crippen molar-refractivity contribution in [3.8, 4) is 23.1 Å². The second kappa shape index (κ2) is 11.6. The van der Waals surface area contributed by atoms with Gasteiger partial charge in [0.05, 0.1) is 44.7 Å². The van der Waals surface area contributed by atoms with E-state index >= 15 is 4.39 Å². The molecule has 3 atom stereocenters. The zero-order valence-corrected chi connectivity index (χ0v) is 26.0. The summed E-state index contributed by atoms with van der Waals surface area (Å²) >= 11 is 6.57. The molecule has 2 N–H and O–H groups in total. The molecule has 4 aromatic rings. The van der Waals surface area contributed by atoms with Gasteiger partial charge in [-0.15, -0.1) is 0 Å². The maximum atomic E-state index is 16.9. The lowest BCUT2D eigenvalue weighted by Gasteiger charge is -2.44. The molecule has 1 aromatic carbocycles. The number of hydrogen-bond donors (Lipinski definition) is 2. The second-order valence-corrected chi connectivity index (χ2v) is 12.8. The summed E-state index contributed by atoms with van der Waals surface area (Å²) in [4.78, 5) is 18.5. The molecule has 234 valence electrons. The number of aliphatic hydroxyl groups excluding tert-OH is 1. The number of ether oxygens (including phenoxy) is 3. The van der Waals surface area contributed by atoms with Crippen molar-refractivity contribution in [1.29, 1.82) is 0 Å². The Morgan fingerprint density at radius 1 is 1.23 bits per heavy atom. The van der Waals surface area contributed by atoms with Crippen molar-refractivity contribution in [2.45, 2.75) is 51.2 Å². The first kappa shape index (κ1) is 29.4. The Morgan fingerprint density at radius 2 is 2.07 bits per heavy atom. The number of piperidine rings is 1. The summed E-state index contributed by atoms with van der Waals surface area (Å²) in [6.07, 6.45) is 6.41. The van der Waals surface area contributed by atoms with Crippen LogP contribution in [-0.4, -0.2) is 101 Å². The molecule has 3 fully saturated rings. The van der Waals surface area contributed by atoms with Crippen LogP contribution >= 0.6 is 11.6 Å². The highest BCUT2D eigenvalue weighted by atomic mass is 35.5. The first-order valence-electron chi connectivity index (χ1n) is 15.2. The van der Waals surface area contributed by atoms with Crippen molar-refractivity contribution < 1.29 is 23.7 Å². The number of aliphatic hydroxyl groups is 1. The van der Waals surface area contributed by atoms with Crippen molar-refractivity contribution in [3.63, 3.8) is 0 Å². The first-order chi connectivity index (χ1) is 21.3. The lowest BCUT2D eigenvalue weighted by atomic mass is 9.76. The largest absolute Gasteiger partial charge is 0.480 e. The van der Waals surface area contributed by atoms with E-state index in [9.17, 15) is 5.11 Å². The molecular weight excluding hydrogens is 589 g/mol. The monoisotopic (exact) mass is 625 g/mol. The molecule has 0 spiro atoms. The minimum atomic E-state index is -0.755. The number of benzene rings is 1. The molecule has 0 bridgehead atoms. The zero-order chi connectivity index (χ0) is 30.6. The average Bonchev–Trinajstić information content (AvgIpc) is 3.61. The molecule has 3 aliphatic rings. The van der Waals surface area contributed by atoms with Gasteiger partial charge >= 0.3 is 6.01 Å². The molecule has 7 rings (SSSR count). The lowest BCUT2D eigenvalue weighted by molar-refractivity contribution is 0.0133. The van der Waals surface area contributed by atoms with Gasteiger partial charge < -0.3 is 29.1 Å². The van der Waals surface area contributed by atoms with Gasteiger partial charge in [0.2, 0.25) is 5.88 Å². The summed E-state index contributed by atoms with van der Waals surface area (Å²) in [5, 5.41) is 19.1. The van der Waals surface area contributed by atoms with Gasteiger partial charge in [-0.1, -0.05) is 18.0 Å². The number of likely N-dealkylation sites (tertiary alicyclic amines) is 1. The number of pyridine rings is 1. The molecule has 0 radical (unpaired) electrons. The standard InChI is InChI=1S/C31H37ClFN7O4/c1-17-20(32)12-21-19(13-34-38-21)23(17)26-25(33)27-24(29(35-26)42-3)28(40-10-11-43-15-18(41)14-40)37-30(36-27)44-16-31-7-4-6-22(31)39(2)9-5-8-31/h12-13,18,22,41H,4-11,14-16H2,1-3H3,(H,34,38). The number of H-pyrrole nitrogens is 1. The van der Waals surface area contributed by atoms with E-state index in [1.54, 1.807) is 12.3 Å². The van der Waals surface area contributed by atoms with Gasteiger partial charge in [-0.25, -0.2) is 9.37 Å². The van der Waals surface area contributed by atoms with Crippen LogP contribution in [0.2, 0.25) is 5.02 Å². The van der Waals surface area contributed by atoms with Crippen LogP contribution < -0.4 is 14.4 Å². The van der Waals surface area contributed by atoms with Crippen molar-refractivity contribution in [3.05, 3.63) is 28.7 Å². The molecule has 44 heavy (non-hydrogen) atoms. The topological polar surface area (TPSA) is 122 Å². The Morgan fingerprint density at radius 3 is 2.91 bits per heavy atom. The highest BCUT2D eigenvalue weighted by molar-refractivity contribution is 6.33. The third-order valence-electron chi connectivity index (χ3n) is 9.70. The molecule has 3 unspecified atom stereocenters. The number of methoxy groups -OCH3 is 1. The molecule has 13 heteroatoms. The van der Waals surface area contributed by atoms with Crippen LogP contribution in [0.15, 0.2) is 12.3 Å². The van der Waals surface area contributed by atoms with Crippen LogP contribution in [0.1, 0.15) is 37.7 Å². The van der Waals surface area contributed by atoms with Crippen molar-refractivity contribution in [2.75, 3.05) is 58.5 Å². The van der Waals surface area contributed by atoms with E-state index in [1.807, 2.05) is 11.8 Å². The number of β-amino-alcohol motifs (C(OH)–C–C–N with tert-alkyl or cyclic N) is 1. The Kier molecular flexibility index (Phi) is 7.72. The highest BCUT2D eigenvalue weighted by Crippen LogP contribution is 2.48. The zero-order valence-electron chi connectivity index (χ0n) is 25.2. The summed E-state index contributed by atoms with van der Waals surface area (Å²) in [5.41, 5.74) is 1.87. The van der Waals surface area contributed by atoms with E-state index in [4.69, 9.17) is 30.8 Å². The second-order valence-electron chi connectivity index (χ2n) is 12.3. The van der Waals surface area contributed by atoms with E-state index in [0.717, 1.165) is 38.6 Å². The van der Waals surface area contributed by atoms with Gasteiger partial charge in [0, 0.05) is 40.5 Å². The number of fused-ring (bicyclic) bond motifs is 3. The molecule has 1 saturated carbocycles. The molecule has 2 aliphatic heterocycles. The number of anilines is 1. The lowest BCUT2D eigenvalue weighted by Crippen LogP contribution is -2.50. The number of aromatic nitrogens is 5. The van der Waals surface area contributed by atoms with E-state index in [-0.39, 0.29) is 41.7 Å². The van der Waals surface area contributed by atoms with Crippen LogP contribution in [0.5, 0.6) is 11.9 Å². The molecule has 1 aliphatic carbocycles. The summed E-state index contributed by atoms with van der Waals surface area (Å²) in [6, 6.07) is 2.27. The number of rotatable bonds is 6. The van der Waals surface area contributed by atoms with Gasteiger partial charge in [-0.05, 0) is 57.8 Å². The van der Waals surface area contributed by atoms with Crippen LogP contribution in [0.25, 0.3) is 33.1 Å². The Labute approximate surface area is 259 Å². The summed E-state index contributed by atoms with van der Waals surface area (Å²) in [7, 11) is 3.67. The predicted molar refractivity (Wildman–Crippen MR) is 165 cm³/mol. The number of aromatic amines is 1. The van der Waals surface area contributed by atoms with Crippen LogP contribution in [0, 0.1) is 18.2 Å². The van der Waals surface area contributed by atoms with Gasteiger partial charge in [-0.3, -0.25) is 5.10 Å². The third-order valence-corrected chi connectivity index (χ3v) is 10.1. The maximum Gasteiger partial charge on any atom is 0.319 e. The smallest absolute Gasteiger partial charge is 0.319 e. The predicted octanol–water partition coefficient (Wildman–Crippen LogP) is 4.52. The van der Waals surface area contributed by atoms with Gasteiger partial charge in [-0.2, -0.15) is 15.1 Å². The average molecular weight is 626 g/mol. The normalized spacial score (nSPS) is 24.5. The molecule has 5 heterocycles. The molecular formula is C31H37ClFN7O4. The first-order valence-corrected chi connectivity index (χ1v) is 15.6. The number of halogens is 2. The van der Waals surface area contributed by atoms with Gasteiger partial charge in [0.25, 0.3) is 0 Å². The summed E-state index contributed by atoms with van der Waals surface area (Å²) < 4.78 is 34.7. The van der Waals surface area contributed by atoms with Crippen LogP contribution in [0.3, 0.4) is 0 Å². The van der Waals surface area contributed by atoms with E-state index in [0.29, 0.717) is 64.1 Å². The fourth-order valence-corrected chi connectivity index (χ4v) is 7.75. The Bertz CT molecular complexity index is 1720. The minimum absolute atomic E-state index is 0.00253. The SMILES string of the molecule is COc1nc(-c2c(C)c(Cl)cc3[nH]ncc23)c(F)c2nc(OCC34CCCC3N(C)CCC4)nc(N3CCOCC(O)C3)c12. The van der Waals surface area contributed by atoms with Crippen LogP contribution in [0.4, 0.5) is 10.2 Å². The quantitative estimate of drug-likeness (QED) is 0.316. The van der Waals surface area contributed by atoms with Crippen molar-refractivity contribution >= 4 is 39.2 Å². The van der Waals surface area contributed by atoms with Gasteiger partial charge in [0.15, 0.2) is 5.82 Å². The van der Waals surface area contributed by atoms with Crippen molar-refractivity contribution in [2.24, 2.45) is 5.41 Å². The highest BCUT2D eigenvalue weighted by Gasteiger charge is 2.47. The van der Waals surface area contributed by atoms with E-state index in [1.165, 1.54) is 7.11 Å². The number of nitrogens with one attached hydrogen (secondary N) is 1. The fraction of sp³-hybridized carbons (Fsp3) is 0.548. The molecule has 11 nitrogen and oxygen atoms in total. The summed E-state index contributed by atoms with van der Waals surface area (Å²) in [5.74, 6) is -0.123. The number of hydrogen-bond acceptors (Lipinski definition) is 10. The Balaban J connectivity index is 1.40. The molecule has 0 amide bonds. The van der Waals surface area contributed by atoms with E-state index in [2.05, 4.69) is 32.1 Å².